The topological polar surface area (TPSA) is 111 Å². The normalized spacial score (nSPS) is 14.2. The number of nitrogens with one attached hydrogen (secondary N) is 1. The molecular weight excluding hydrogens is 629 g/mol. The van der Waals surface area contributed by atoms with Gasteiger partial charge in [-0.15, -0.1) is 0 Å². The lowest BCUT2D eigenvalue weighted by Gasteiger charge is -2.32. The van der Waals surface area contributed by atoms with Crippen molar-refractivity contribution >= 4 is 23.8 Å². The number of rotatable bonds is 12. The highest BCUT2D eigenvalue weighted by Gasteiger charge is 2.52. The Morgan fingerprint density at radius 3 is 1.98 bits per heavy atom. The first-order chi connectivity index (χ1) is 22.9. The maximum atomic E-state index is 13.3. The minimum Gasteiger partial charge on any atom is -0.465 e. The van der Waals surface area contributed by atoms with Gasteiger partial charge in [0.15, 0.2) is 0 Å². The van der Waals surface area contributed by atoms with Crippen molar-refractivity contribution in [2.24, 2.45) is 0 Å². The Labute approximate surface area is 277 Å². The maximum absolute atomic E-state index is 13.3. The fraction of sp³-hybridized carbons (Fsp3) is 0.389. The lowest BCUT2D eigenvalue weighted by Crippen LogP contribution is -2.51. The lowest BCUT2D eigenvalue weighted by molar-refractivity contribution is -0.170. The number of ether oxygens (including phenoxy) is 3. The molecule has 4 rings (SSSR count). The number of carbonyl (C=O) groups excluding carboxylic acids is 4. The number of halogens is 3. The predicted molar refractivity (Wildman–Crippen MR) is 171 cm³/mol. The number of aryl methyl sites for hydroxylation is 1. The van der Waals surface area contributed by atoms with E-state index in [4.69, 9.17) is 14.2 Å². The number of nitrogens with zero attached hydrogens (tertiary/aromatic N) is 1. The number of carbonyl (C=O) groups is 4. The fourth-order valence-electron chi connectivity index (χ4n) is 5.73. The number of likely N-dealkylation sites (tertiary alicyclic amines) is 1. The van der Waals surface area contributed by atoms with Gasteiger partial charge in [0.2, 0.25) is 5.41 Å². The van der Waals surface area contributed by atoms with Gasteiger partial charge in [-0.05, 0) is 74.1 Å². The summed E-state index contributed by atoms with van der Waals surface area (Å²) in [6, 6.07) is 18.2. The molecule has 1 aliphatic rings. The number of amides is 1. The van der Waals surface area contributed by atoms with Gasteiger partial charge in [0.05, 0.1) is 25.3 Å². The summed E-state index contributed by atoms with van der Waals surface area (Å²) < 4.78 is 55.6. The van der Waals surface area contributed by atoms with Crippen molar-refractivity contribution in [3.8, 4) is 11.1 Å². The van der Waals surface area contributed by atoms with Crippen molar-refractivity contribution in [3.63, 3.8) is 0 Å². The van der Waals surface area contributed by atoms with Crippen molar-refractivity contribution in [3.05, 3.63) is 95.1 Å². The second-order valence-corrected chi connectivity index (χ2v) is 11.5. The monoisotopic (exact) mass is 668 g/mol. The first kappa shape index (κ1) is 36.1. The van der Waals surface area contributed by atoms with Gasteiger partial charge in [-0.2, -0.15) is 13.2 Å². The minimum atomic E-state index is -4.47. The van der Waals surface area contributed by atoms with Crippen molar-refractivity contribution in [2.75, 3.05) is 39.5 Å². The van der Waals surface area contributed by atoms with Gasteiger partial charge in [-0.1, -0.05) is 54.6 Å². The summed E-state index contributed by atoms with van der Waals surface area (Å²) in [6.07, 6.45) is -3.41. The Morgan fingerprint density at radius 1 is 0.792 bits per heavy atom. The summed E-state index contributed by atoms with van der Waals surface area (Å²) in [7, 11) is 0. The molecule has 0 spiro atoms. The highest BCUT2D eigenvalue weighted by molar-refractivity contribution is 6.07. The van der Waals surface area contributed by atoms with Gasteiger partial charge < -0.3 is 19.5 Å². The molecule has 256 valence electrons. The molecule has 0 radical (unpaired) electrons. The van der Waals surface area contributed by atoms with Crippen LogP contribution in [0.1, 0.15) is 53.7 Å². The fourth-order valence-corrected chi connectivity index (χ4v) is 5.73. The lowest BCUT2D eigenvalue weighted by atomic mass is 9.81. The third-order valence-electron chi connectivity index (χ3n) is 8.26. The summed E-state index contributed by atoms with van der Waals surface area (Å²) in [4.78, 5) is 54.5. The second-order valence-electron chi connectivity index (χ2n) is 11.5. The second kappa shape index (κ2) is 15.9. The molecule has 12 heteroatoms. The SMILES string of the molecule is CCOC(=O)C(COC(=O)CN1CCC(NC(=O)c2ccccc2-c2ccc(C(F)(F)F)cc2C)CC1)(C(=O)OCC)c1ccccc1. The van der Waals surface area contributed by atoms with E-state index >= 15 is 0 Å². The van der Waals surface area contributed by atoms with Crippen LogP contribution in [0, 0.1) is 6.92 Å². The van der Waals surface area contributed by atoms with E-state index < -0.39 is 41.7 Å². The van der Waals surface area contributed by atoms with Crippen LogP contribution in [0.2, 0.25) is 0 Å². The summed E-state index contributed by atoms with van der Waals surface area (Å²) in [5.41, 5.74) is -0.665. The molecule has 1 saturated heterocycles. The molecule has 3 aromatic carbocycles. The van der Waals surface area contributed by atoms with E-state index in [2.05, 4.69) is 5.32 Å². The molecule has 48 heavy (non-hydrogen) atoms. The van der Waals surface area contributed by atoms with Gasteiger partial charge >= 0.3 is 24.1 Å². The zero-order chi connectivity index (χ0) is 34.9. The van der Waals surface area contributed by atoms with Gasteiger partial charge in [0.25, 0.3) is 5.91 Å². The largest absolute Gasteiger partial charge is 0.465 e. The van der Waals surface area contributed by atoms with Crippen LogP contribution in [-0.4, -0.2) is 74.2 Å². The molecule has 3 aromatic rings. The molecule has 1 N–H and O–H groups in total. The molecule has 0 saturated carbocycles. The Hall–Kier alpha value is -4.71. The smallest absolute Gasteiger partial charge is 0.416 e. The van der Waals surface area contributed by atoms with E-state index in [1.807, 2.05) is 4.90 Å². The summed E-state index contributed by atoms with van der Waals surface area (Å²) in [6.45, 7) is 5.02. The predicted octanol–water partition coefficient (Wildman–Crippen LogP) is 5.48. The number of piperidine rings is 1. The van der Waals surface area contributed by atoms with Crippen molar-refractivity contribution in [1.82, 2.24) is 10.2 Å². The number of hydrogen-bond donors (Lipinski definition) is 1. The molecule has 0 aromatic heterocycles. The molecule has 0 aliphatic carbocycles. The first-order valence-electron chi connectivity index (χ1n) is 15.8. The summed E-state index contributed by atoms with van der Waals surface area (Å²) in [5, 5.41) is 3.02. The molecule has 0 unspecified atom stereocenters. The van der Waals surface area contributed by atoms with Crippen LogP contribution in [0.5, 0.6) is 0 Å². The first-order valence-corrected chi connectivity index (χ1v) is 15.8. The molecule has 1 heterocycles. The average Bonchev–Trinajstić information content (AvgIpc) is 3.06. The van der Waals surface area contributed by atoms with E-state index in [0.717, 1.165) is 12.1 Å². The quantitative estimate of drug-likeness (QED) is 0.154. The van der Waals surface area contributed by atoms with Crippen molar-refractivity contribution < 1.29 is 46.6 Å². The van der Waals surface area contributed by atoms with Crippen LogP contribution >= 0.6 is 0 Å². The molecule has 9 nitrogen and oxygen atoms in total. The van der Waals surface area contributed by atoms with E-state index in [0.29, 0.717) is 48.2 Å². The third kappa shape index (κ3) is 8.41. The Balaban J connectivity index is 1.37. The minimum absolute atomic E-state index is 0.00648. The van der Waals surface area contributed by atoms with Crippen LogP contribution in [0.15, 0.2) is 72.8 Å². The number of esters is 3. The van der Waals surface area contributed by atoms with Gasteiger partial charge in [-0.3, -0.25) is 24.1 Å². The average molecular weight is 669 g/mol. The van der Waals surface area contributed by atoms with Crippen LogP contribution in [-0.2, 0) is 40.2 Å². The molecular formula is C36H39F3N2O7. The molecule has 0 atom stereocenters. The maximum Gasteiger partial charge on any atom is 0.416 e. The van der Waals surface area contributed by atoms with Crippen LogP contribution in [0.3, 0.4) is 0 Å². The third-order valence-corrected chi connectivity index (χ3v) is 8.26. The molecule has 0 bridgehead atoms. The Kier molecular flexibility index (Phi) is 12.0. The van der Waals surface area contributed by atoms with E-state index in [9.17, 15) is 32.3 Å². The number of benzene rings is 3. The van der Waals surface area contributed by atoms with Crippen molar-refractivity contribution in [2.45, 2.75) is 51.2 Å². The number of hydrogen-bond acceptors (Lipinski definition) is 8. The highest BCUT2D eigenvalue weighted by Crippen LogP contribution is 2.34. The molecule has 1 aliphatic heterocycles. The standard InChI is InChI=1S/C36H39F3N2O7/c1-4-46-33(44)35(34(45)47-5-2,25-11-7-6-8-12-25)23-48-31(42)22-41-19-17-27(18-20-41)40-32(43)30-14-10-9-13-29(30)28-16-15-26(21-24(28)3)36(37,38)39/h6-16,21,27H,4-5,17-20,22-23H2,1-3H3,(H,40,43). The Morgan fingerprint density at radius 2 is 1.40 bits per heavy atom. The molecule has 1 fully saturated rings. The Bertz CT molecular complexity index is 1580. The summed E-state index contributed by atoms with van der Waals surface area (Å²) >= 11 is 0. The zero-order valence-corrected chi connectivity index (χ0v) is 27.1. The van der Waals surface area contributed by atoms with Gasteiger partial charge in [-0.25, -0.2) is 0 Å². The van der Waals surface area contributed by atoms with Crippen LogP contribution < -0.4 is 5.32 Å². The van der Waals surface area contributed by atoms with Crippen LogP contribution in [0.4, 0.5) is 13.2 Å². The van der Waals surface area contributed by atoms with E-state index in [1.165, 1.54) is 6.07 Å². The van der Waals surface area contributed by atoms with E-state index in [-0.39, 0.29) is 37.3 Å². The number of alkyl halides is 3. The van der Waals surface area contributed by atoms with Crippen molar-refractivity contribution in [1.29, 1.82) is 0 Å². The molecule has 1 amide bonds. The van der Waals surface area contributed by atoms with Crippen LogP contribution in [0.25, 0.3) is 11.1 Å². The van der Waals surface area contributed by atoms with E-state index in [1.54, 1.807) is 75.4 Å². The zero-order valence-electron chi connectivity index (χ0n) is 27.1. The highest BCUT2D eigenvalue weighted by atomic mass is 19.4. The summed E-state index contributed by atoms with van der Waals surface area (Å²) in [5.74, 6) is -2.76. The van der Waals surface area contributed by atoms with Gasteiger partial charge in [0, 0.05) is 24.7 Å². The van der Waals surface area contributed by atoms with Gasteiger partial charge in [0.1, 0.15) is 6.61 Å².